The van der Waals surface area contributed by atoms with Crippen LogP contribution in [0, 0.1) is 11.3 Å². The maximum absolute atomic E-state index is 11.7. The van der Waals surface area contributed by atoms with Crippen LogP contribution in [-0.2, 0) is 4.79 Å². The van der Waals surface area contributed by atoms with E-state index in [1.54, 1.807) is 0 Å². The minimum absolute atomic E-state index is 0.0783. The average Bonchev–Trinajstić information content (AvgIpc) is 2.50. The molecule has 1 rings (SSSR count). The Kier molecular flexibility index (Phi) is 7.98. The molecule has 0 bridgehead atoms. The first-order valence-electron chi connectivity index (χ1n) is 8.83. The molecule has 122 valence electrons. The first-order valence-corrected chi connectivity index (χ1v) is 8.83. The van der Waals surface area contributed by atoms with Crippen LogP contribution in [0.3, 0.4) is 0 Å². The van der Waals surface area contributed by atoms with Gasteiger partial charge in [-0.05, 0) is 43.4 Å². The van der Waals surface area contributed by atoms with Gasteiger partial charge in [0.1, 0.15) is 0 Å². The molecule has 0 aromatic rings. The molecule has 0 aliphatic heterocycles. The Morgan fingerprint density at radius 3 is 2.43 bits per heavy atom. The number of hydrogen-bond acceptors (Lipinski definition) is 2. The molecule has 1 saturated carbocycles. The predicted octanol–water partition coefficient (Wildman–Crippen LogP) is 5.06. The highest BCUT2D eigenvalue weighted by atomic mass is 16.2. The van der Waals surface area contributed by atoms with Gasteiger partial charge < -0.3 is 0 Å². The van der Waals surface area contributed by atoms with Crippen LogP contribution in [0.2, 0.25) is 0 Å². The van der Waals surface area contributed by atoms with Crippen LogP contribution in [-0.4, -0.2) is 11.6 Å². The zero-order chi connectivity index (χ0) is 15.7. The van der Waals surface area contributed by atoms with Crippen LogP contribution >= 0.6 is 0 Å². The molecule has 1 aliphatic carbocycles. The van der Waals surface area contributed by atoms with Gasteiger partial charge in [0.05, 0.1) is 0 Å². The summed E-state index contributed by atoms with van der Waals surface area (Å²) in [4.78, 5) is 11.7. The van der Waals surface area contributed by atoms with Gasteiger partial charge in [0.15, 0.2) is 0 Å². The molecule has 0 aromatic carbocycles. The molecule has 1 fully saturated rings. The molecule has 0 unspecified atom stereocenters. The smallest absolute Gasteiger partial charge is 0.240 e. The summed E-state index contributed by atoms with van der Waals surface area (Å²) in [7, 11) is 0. The first kappa shape index (κ1) is 18.2. The van der Waals surface area contributed by atoms with Crippen molar-refractivity contribution in [3.63, 3.8) is 0 Å². The summed E-state index contributed by atoms with van der Waals surface area (Å²) >= 11 is 0. The van der Waals surface area contributed by atoms with Crippen molar-refractivity contribution in [1.29, 1.82) is 0 Å². The van der Waals surface area contributed by atoms with E-state index in [9.17, 15) is 4.79 Å². The topological polar surface area (TPSA) is 41.5 Å². The summed E-state index contributed by atoms with van der Waals surface area (Å²) in [6.07, 6.45) is 10.9. The largest absolute Gasteiger partial charge is 0.273 e. The lowest BCUT2D eigenvalue weighted by molar-refractivity contribution is -0.121. The Labute approximate surface area is 131 Å². The molecule has 0 aromatic heterocycles. The van der Waals surface area contributed by atoms with E-state index in [1.807, 2.05) is 0 Å². The number of unbranched alkanes of at least 4 members (excludes halogenated alkanes) is 3. The molecular weight excluding hydrogens is 260 g/mol. The second kappa shape index (κ2) is 9.22. The Bertz CT molecular complexity index is 337. The Balaban J connectivity index is 2.26. The maximum Gasteiger partial charge on any atom is 0.240 e. The van der Waals surface area contributed by atoms with Crippen LogP contribution in [0.1, 0.15) is 91.9 Å². The van der Waals surface area contributed by atoms with Gasteiger partial charge in [-0.2, -0.15) is 5.10 Å². The average molecular weight is 294 g/mol. The SMILES string of the molecule is CCCCCCC(=O)NN=C1CCC(C(C)(C)CC)CC1. The fourth-order valence-corrected chi connectivity index (χ4v) is 3.04. The molecule has 0 saturated heterocycles. The molecule has 3 heteroatoms. The number of nitrogens with zero attached hydrogens (tertiary/aromatic N) is 1. The van der Waals surface area contributed by atoms with Crippen LogP contribution in [0.5, 0.6) is 0 Å². The highest BCUT2D eigenvalue weighted by Gasteiger charge is 2.30. The highest BCUT2D eigenvalue weighted by Crippen LogP contribution is 2.39. The summed E-state index contributed by atoms with van der Waals surface area (Å²) < 4.78 is 0. The number of nitrogens with one attached hydrogen (secondary N) is 1. The first-order chi connectivity index (χ1) is 9.99. The number of hydrazone groups is 1. The summed E-state index contributed by atoms with van der Waals surface area (Å²) in [5, 5.41) is 4.34. The molecule has 21 heavy (non-hydrogen) atoms. The number of rotatable bonds is 8. The van der Waals surface area contributed by atoms with Crippen LogP contribution in [0.15, 0.2) is 5.10 Å². The van der Waals surface area contributed by atoms with E-state index >= 15 is 0 Å². The number of carbonyl (C=O) groups is 1. The molecule has 1 aliphatic rings. The quantitative estimate of drug-likeness (QED) is 0.493. The number of amides is 1. The van der Waals surface area contributed by atoms with E-state index in [4.69, 9.17) is 0 Å². The van der Waals surface area contributed by atoms with E-state index in [1.165, 1.54) is 37.8 Å². The van der Waals surface area contributed by atoms with Gasteiger partial charge >= 0.3 is 0 Å². The highest BCUT2D eigenvalue weighted by molar-refractivity contribution is 5.86. The lowest BCUT2D eigenvalue weighted by Crippen LogP contribution is -2.29. The lowest BCUT2D eigenvalue weighted by Gasteiger charge is -2.36. The second-order valence-corrected chi connectivity index (χ2v) is 7.14. The third-order valence-electron chi connectivity index (χ3n) is 5.18. The molecule has 0 spiro atoms. The van der Waals surface area contributed by atoms with Crippen LogP contribution in [0.25, 0.3) is 0 Å². The maximum atomic E-state index is 11.7. The summed E-state index contributed by atoms with van der Waals surface area (Å²) in [5.74, 6) is 0.876. The molecule has 0 heterocycles. The van der Waals surface area contributed by atoms with Crippen molar-refractivity contribution in [2.24, 2.45) is 16.4 Å². The predicted molar refractivity (Wildman–Crippen MR) is 90.4 cm³/mol. The summed E-state index contributed by atoms with van der Waals surface area (Å²) in [5.41, 5.74) is 4.37. The van der Waals surface area contributed by atoms with Gasteiger partial charge in [-0.3, -0.25) is 4.79 Å². The van der Waals surface area contributed by atoms with Crippen molar-refractivity contribution in [3.8, 4) is 0 Å². The third kappa shape index (κ3) is 6.62. The van der Waals surface area contributed by atoms with Crippen molar-refractivity contribution in [2.75, 3.05) is 0 Å². The zero-order valence-corrected chi connectivity index (χ0v) is 14.5. The van der Waals surface area contributed by atoms with E-state index in [2.05, 4.69) is 38.2 Å². The Morgan fingerprint density at radius 2 is 1.86 bits per heavy atom. The van der Waals surface area contributed by atoms with Gasteiger partial charge in [0, 0.05) is 12.1 Å². The molecule has 0 radical (unpaired) electrons. The number of hydrogen-bond donors (Lipinski definition) is 1. The molecule has 3 nitrogen and oxygen atoms in total. The van der Waals surface area contributed by atoms with Gasteiger partial charge in [0.25, 0.3) is 0 Å². The lowest BCUT2D eigenvalue weighted by atomic mass is 9.69. The zero-order valence-electron chi connectivity index (χ0n) is 14.5. The fourth-order valence-electron chi connectivity index (χ4n) is 3.04. The molecule has 1 amide bonds. The van der Waals surface area contributed by atoms with Gasteiger partial charge in [-0.1, -0.05) is 53.4 Å². The van der Waals surface area contributed by atoms with Gasteiger partial charge in [-0.25, -0.2) is 5.43 Å². The monoisotopic (exact) mass is 294 g/mol. The van der Waals surface area contributed by atoms with E-state index < -0.39 is 0 Å². The summed E-state index contributed by atoms with van der Waals surface area (Å²) in [6.45, 7) is 9.21. The van der Waals surface area contributed by atoms with Crippen LogP contribution < -0.4 is 5.43 Å². The van der Waals surface area contributed by atoms with Crippen molar-refractivity contribution in [3.05, 3.63) is 0 Å². The van der Waals surface area contributed by atoms with Gasteiger partial charge in [0.2, 0.25) is 5.91 Å². The van der Waals surface area contributed by atoms with Crippen molar-refractivity contribution < 1.29 is 4.79 Å². The molecule has 1 N–H and O–H groups in total. The fraction of sp³-hybridized carbons (Fsp3) is 0.889. The standard InChI is InChI=1S/C18H34N2O/c1-5-7-8-9-10-17(21)20-19-16-13-11-15(12-14-16)18(3,4)6-2/h15H,5-14H2,1-4H3,(H,20,21). The molecule has 0 atom stereocenters. The number of carbonyl (C=O) groups excluding carboxylic acids is 1. The van der Waals surface area contributed by atoms with Gasteiger partial charge in [-0.15, -0.1) is 0 Å². The Hall–Kier alpha value is -0.860. The minimum Gasteiger partial charge on any atom is -0.273 e. The van der Waals surface area contributed by atoms with Crippen molar-refractivity contribution >= 4 is 11.6 Å². The normalized spacial score (nSPS) is 19.4. The third-order valence-corrected chi connectivity index (χ3v) is 5.18. The Morgan fingerprint density at radius 1 is 1.19 bits per heavy atom. The summed E-state index contributed by atoms with van der Waals surface area (Å²) in [6, 6.07) is 0. The van der Waals surface area contributed by atoms with Crippen molar-refractivity contribution in [2.45, 2.75) is 91.9 Å². The minimum atomic E-state index is 0.0783. The van der Waals surface area contributed by atoms with Crippen LogP contribution in [0.4, 0.5) is 0 Å². The van der Waals surface area contributed by atoms with E-state index in [0.29, 0.717) is 11.8 Å². The van der Waals surface area contributed by atoms with E-state index in [0.717, 1.165) is 31.6 Å². The molecular formula is C18H34N2O. The van der Waals surface area contributed by atoms with Crippen molar-refractivity contribution in [1.82, 2.24) is 5.43 Å². The van der Waals surface area contributed by atoms with E-state index in [-0.39, 0.29) is 5.91 Å². The second-order valence-electron chi connectivity index (χ2n) is 7.14.